The van der Waals surface area contributed by atoms with Gasteiger partial charge in [0.25, 0.3) is 0 Å². The fourth-order valence-electron chi connectivity index (χ4n) is 1.63. The Hall–Kier alpha value is -2.41. The quantitative estimate of drug-likeness (QED) is 0.757. The van der Waals surface area contributed by atoms with Crippen LogP contribution < -0.4 is 0 Å². The van der Waals surface area contributed by atoms with Crippen molar-refractivity contribution in [2.45, 2.75) is 6.54 Å². The van der Waals surface area contributed by atoms with Crippen LogP contribution in [-0.4, -0.2) is 10.9 Å². The maximum absolute atomic E-state index is 13.1. The highest BCUT2D eigenvalue weighted by Crippen LogP contribution is 2.13. The lowest BCUT2D eigenvalue weighted by molar-refractivity contribution is 0.112. The summed E-state index contributed by atoms with van der Waals surface area (Å²) in [6.07, 6.45) is 4.11. The van der Waals surface area contributed by atoms with Crippen molar-refractivity contribution in [1.82, 2.24) is 4.57 Å². The Balaban J connectivity index is 2.32. The molecule has 0 spiro atoms. The molecular formula is C13H9FN2O. The first kappa shape index (κ1) is 11.1. The summed E-state index contributed by atoms with van der Waals surface area (Å²) >= 11 is 0. The van der Waals surface area contributed by atoms with Crippen LogP contribution in [0, 0.1) is 17.1 Å². The summed E-state index contributed by atoms with van der Waals surface area (Å²) in [5.41, 5.74) is 1.59. The Labute approximate surface area is 97.7 Å². The van der Waals surface area contributed by atoms with Gasteiger partial charge < -0.3 is 4.57 Å². The highest BCUT2D eigenvalue weighted by atomic mass is 19.1. The molecule has 3 nitrogen and oxygen atoms in total. The Morgan fingerprint density at radius 1 is 1.41 bits per heavy atom. The third kappa shape index (κ3) is 2.40. The molecular weight excluding hydrogens is 219 g/mol. The molecule has 2 rings (SSSR count). The van der Waals surface area contributed by atoms with Gasteiger partial charge in [-0.3, -0.25) is 4.79 Å². The third-order valence-electron chi connectivity index (χ3n) is 2.45. The van der Waals surface area contributed by atoms with E-state index in [9.17, 15) is 9.18 Å². The summed E-state index contributed by atoms with van der Waals surface area (Å²) in [6.45, 7) is 0.370. The predicted molar refractivity (Wildman–Crippen MR) is 60.0 cm³/mol. The van der Waals surface area contributed by atoms with E-state index in [-0.39, 0.29) is 5.82 Å². The highest BCUT2D eigenvalue weighted by molar-refractivity contribution is 5.74. The van der Waals surface area contributed by atoms with E-state index >= 15 is 0 Å². The Morgan fingerprint density at radius 2 is 2.24 bits per heavy atom. The van der Waals surface area contributed by atoms with Crippen molar-refractivity contribution >= 4 is 6.29 Å². The van der Waals surface area contributed by atoms with Gasteiger partial charge in [-0.1, -0.05) is 0 Å². The average Bonchev–Trinajstić information content (AvgIpc) is 2.77. The number of aldehydes is 1. The number of nitriles is 1. The molecule has 0 fully saturated rings. The fourth-order valence-corrected chi connectivity index (χ4v) is 1.63. The number of carbonyl (C=O) groups is 1. The molecule has 4 heteroatoms. The van der Waals surface area contributed by atoms with E-state index in [0.717, 1.165) is 6.29 Å². The third-order valence-corrected chi connectivity index (χ3v) is 2.45. The van der Waals surface area contributed by atoms with Crippen molar-refractivity contribution in [2.24, 2.45) is 0 Å². The van der Waals surface area contributed by atoms with E-state index in [1.807, 2.05) is 6.07 Å². The van der Waals surface area contributed by atoms with Crippen molar-refractivity contribution < 1.29 is 9.18 Å². The van der Waals surface area contributed by atoms with Gasteiger partial charge in [-0.25, -0.2) is 4.39 Å². The monoisotopic (exact) mass is 228 g/mol. The second-order valence-corrected chi connectivity index (χ2v) is 3.65. The predicted octanol–water partition coefficient (Wildman–Crippen LogP) is 2.36. The molecule has 84 valence electrons. The van der Waals surface area contributed by atoms with Gasteiger partial charge in [0.1, 0.15) is 5.82 Å². The number of nitrogens with zero attached hydrogens (tertiary/aromatic N) is 2. The first-order chi connectivity index (χ1) is 8.22. The molecule has 0 aliphatic heterocycles. The lowest BCUT2D eigenvalue weighted by Crippen LogP contribution is -2.00. The molecule has 0 amide bonds. The molecule has 0 aliphatic rings. The Bertz CT molecular complexity index is 596. The summed E-state index contributed by atoms with van der Waals surface area (Å²) in [4.78, 5) is 10.5. The second-order valence-electron chi connectivity index (χ2n) is 3.65. The van der Waals surface area contributed by atoms with Crippen molar-refractivity contribution in [2.75, 3.05) is 0 Å². The molecule has 0 radical (unpaired) electrons. The molecule has 0 N–H and O–H groups in total. The van der Waals surface area contributed by atoms with Gasteiger partial charge in [0.05, 0.1) is 11.6 Å². The first-order valence-electron chi connectivity index (χ1n) is 5.02. The number of hydrogen-bond acceptors (Lipinski definition) is 2. The van der Waals surface area contributed by atoms with E-state index < -0.39 is 0 Å². The van der Waals surface area contributed by atoms with Gasteiger partial charge in [0, 0.05) is 24.5 Å². The summed E-state index contributed by atoms with van der Waals surface area (Å²) in [6, 6.07) is 7.72. The molecule has 1 aromatic carbocycles. The smallest absolute Gasteiger partial charge is 0.151 e. The molecule has 0 unspecified atom stereocenters. The summed E-state index contributed by atoms with van der Waals surface area (Å²) in [5.74, 6) is -0.373. The average molecular weight is 228 g/mol. The molecule has 0 saturated heterocycles. The summed E-state index contributed by atoms with van der Waals surface area (Å²) < 4.78 is 14.8. The van der Waals surface area contributed by atoms with E-state index in [0.29, 0.717) is 23.2 Å². The number of aromatic nitrogens is 1. The minimum atomic E-state index is -0.373. The van der Waals surface area contributed by atoms with Gasteiger partial charge in [-0.05, 0) is 29.8 Å². The zero-order valence-electron chi connectivity index (χ0n) is 8.93. The number of carbonyl (C=O) groups excluding carboxylic acids is 1. The standard InChI is InChI=1S/C13H9FN2O/c14-13-2-1-11(6-15)12(5-13)8-16-4-3-10(7-16)9-17/h1-5,7,9H,8H2. The van der Waals surface area contributed by atoms with Gasteiger partial charge in [0.2, 0.25) is 0 Å². The van der Waals surface area contributed by atoms with Gasteiger partial charge >= 0.3 is 0 Å². The van der Waals surface area contributed by atoms with E-state index in [1.54, 1.807) is 23.0 Å². The molecule has 0 bridgehead atoms. The molecule has 1 heterocycles. The maximum Gasteiger partial charge on any atom is 0.151 e. The number of rotatable bonds is 3. The van der Waals surface area contributed by atoms with Crippen molar-refractivity contribution in [1.29, 1.82) is 5.26 Å². The van der Waals surface area contributed by atoms with Crippen LogP contribution >= 0.6 is 0 Å². The number of benzene rings is 1. The van der Waals surface area contributed by atoms with Crippen molar-refractivity contribution in [3.05, 3.63) is 59.2 Å². The summed E-state index contributed by atoms with van der Waals surface area (Å²) in [7, 11) is 0. The topological polar surface area (TPSA) is 45.8 Å². The molecule has 17 heavy (non-hydrogen) atoms. The minimum absolute atomic E-state index is 0.370. The Kier molecular flexibility index (Phi) is 3.01. The minimum Gasteiger partial charge on any atom is -0.349 e. The SMILES string of the molecule is N#Cc1ccc(F)cc1Cn1ccc(C=O)c1. The molecule has 0 aliphatic carbocycles. The lowest BCUT2D eigenvalue weighted by atomic mass is 10.1. The Morgan fingerprint density at radius 3 is 2.88 bits per heavy atom. The number of hydrogen-bond donors (Lipinski definition) is 0. The van der Waals surface area contributed by atoms with Gasteiger partial charge in [-0.15, -0.1) is 0 Å². The van der Waals surface area contributed by atoms with Crippen LogP contribution in [0.4, 0.5) is 4.39 Å². The molecule has 1 aromatic heterocycles. The van der Waals surface area contributed by atoms with E-state index in [4.69, 9.17) is 5.26 Å². The normalized spacial score (nSPS) is 9.88. The van der Waals surface area contributed by atoms with Crippen LogP contribution in [0.1, 0.15) is 21.5 Å². The molecule has 0 atom stereocenters. The van der Waals surface area contributed by atoms with Crippen LogP contribution in [-0.2, 0) is 6.54 Å². The molecule has 0 saturated carbocycles. The zero-order chi connectivity index (χ0) is 12.3. The van der Waals surface area contributed by atoms with Crippen LogP contribution in [0.15, 0.2) is 36.7 Å². The fraction of sp³-hybridized carbons (Fsp3) is 0.0769. The van der Waals surface area contributed by atoms with E-state index in [2.05, 4.69) is 0 Å². The van der Waals surface area contributed by atoms with Gasteiger partial charge in [0.15, 0.2) is 6.29 Å². The maximum atomic E-state index is 13.1. The van der Waals surface area contributed by atoms with Crippen LogP contribution in [0.3, 0.4) is 0 Å². The number of halogens is 1. The zero-order valence-corrected chi connectivity index (χ0v) is 8.93. The first-order valence-corrected chi connectivity index (χ1v) is 5.02. The van der Waals surface area contributed by atoms with E-state index in [1.165, 1.54) is 18.2 Å². The van der Waals surface area contributed by atoms with Crippen molar-refractivity contribution in [3.63, 3.8) is 0 Å². The van der Waals surface area contributed by atoms with Gasteiger partial charge in [-0.2, -0.15) is 5.26 Å². The summed E-state index contributed by atoms with van der Waals surface area (Å²) in [5, 5.41) is 8.90. The van der Waals surface area contributed by atoms with Crippen LogP contribution in [0.25, 0.3) is 0 Å². The van der Waals surface area contributed by atoms with Crippen LogP contribution in [0.2, 0.25) is 0 Å². The lowest BCUT2D eigenvalue weighted by Gasteiger charge is -2.05. The molecule has 2 aromatic rings. The van der Waals surface area contributed by atoms with Crippen LogP contribution in [0.5, 0.6) is 0 Å². The largest absolute Gasteiger partial charge is 0.349 e. The second kappa shape index (κ2) is 4.62. The van der Waals surface area contributed by atoms with Crippen molar-refractivity contribution in [3.8, 4) is 6.07 Å². The highest BCUT2D eigenvalue weighted by Gasteiger charge is 2.05.